The maximum Gasteiger partial charge on any atom is 0.0767 e. The van der Waals surface area contributed by atoms with E-state index < -0.39 is 5.60 Å². The second kappa shape index (κ2) is 5.19. The molecular formula is C13H25N3O. The molecule has 2 N–H and O–H groups in total. The summed E-state index contributed by atoms with van der Waals surface area (Å²) in [6.07, 6.45) is 5.02. The van der Waals surface area contributed by atoms with E-state index in [1.807, 2.05) is 38.6 Å². The molecule has 17 heavy (non-hydrogen) atoms. The molecule has 0 fully saturated rings. The van der Waals surface area contributed by atoms with Crippen molar-refractivity contribution in [2.24, 2.45) is 0 Å². The van der Waals surface area contributed by atoms with Crippen LogP contribution in [0.1, 0.15) is 46.6 Å². The highest BCUT2D eigenvalue weighted by molar-refractivity contribution is 5.05. The molecule has 0 saturated carbocycles. The molecule has 98 valence electrons. The van der Waals surface area contributed by atoms with Gasteiger partial charge in [-0.15, -0.1) is 0 Å². The van der Waals surface area contributed by atoms with Gasteiger partial charge < -0.3 is 10.4 Å². The summed E-state index contributed by atoms with van der Waals surface area (Å²) in [5.41, 5.74) is 0.0579. The number of hydrogen-bond donors (Lipinski definition) is 2. The summed E-state index contributed by atoms with van der Waals surface area (Å²) in [5.74, 6) is 0. The van der Waals surface area contributed by atoms with Crippen molar-refractivity contribution in [3.63, 3.8) is 0 Å². The number of aliphatic hydroxyl groups is 1. The van der Waals surface area contributed by atoms with Crippen LogP contribution < -0.4 is 5.32 Å². The molecule has 0 atom stereocenters. The predicted octanol–water partition coefficient (Wildman–Crippen LogP) is 1.93. The van der Waals surface area contributed by atoms with Crippen molar-refractivity contribution in [1.82, 2.24) is 15.1 Å². The van der Waals surface area contributed by atoms with Crippen molar-refractivity contribution in [2.45, 2.75) is 65.3 Å². The Morgan fingerprint density at radius 2 is 2.00 bits per heavy atom. The first kappa shape index (κ1) is 14.2. The summed E-state index contributed by atoms with van der Waals surface area (Å²) in [4.78, 5) is 0. The minimum Gasteiger partial charge on any atom is -0.389 e. The quantitative estimate of drug-likeness (QED) is 0.797. The van der Waals surface area contributed by atoms with Gasteiger partial charge in [0, 0.05) is 30.4 Å². The molecular weight excluding hydrogens is 214 g/mol. The minimum absolute atomic E-state index is 0.333. The third kappa shape index (κ3) is 3.82. The molecule has 0 aliphatic heterocycles. The van der Waals surface area contributed by atoms with Gasteiger partial charge in [-0.3, -0.25) is 4.68 Å². The van der Waals surface area contributed by atoms with E-state index in [4.69, 9.17) is 0 Å². The molecule has 1 aromatic rings. The zero-order valence-electron chi connectivity index (χ0n) is 11.6. The molecule has 0 aliphatic rings. The SMILES string of the molecule is CCCn1cc(CNC(C)(C)C(C)(C)O)cn1. The van der Waals surface area contributed by atoms with Gasteiger partial charge in [-0.1, -0.05) is 6.92 Å². The van der Waals surface area contributed by atoms with Crippen LogP contribution in [0.4, 0.5) is 0 Å². The molecule has 0 aliphatic carbocycles. The van der Waals surface area contributed by atoms with Crippen LogP contribution in [0.5, 0.6) is 0 Å². The fraction of sp³-hybridized carbons (Fsp3) is 0.769. The standard InChI is InChI=1S/C13H25N3O/c1-6-7-16-10-11(9-15-16)8-14-12(2,3)13(4,5)17/h9-10,14,17H,6-8H2,1-5H3. The Bertz CT molecular complexity index is 350. The number of aromatic nitrogens is 2. The molecule has 0 unspecified atom stereocenters. The Balaban J connectivity index is 2.55. The van der Waals surface area contributed by atoms with Gasteiger partial charge in [0.05, 0.1) is 11.8 Å². The molecule has 0 aromatic carbocycles. The third-order valence-corrected chi connectivity index (χ3v) is 3.40. The van der Waals surface area contributed by atoms with Crippen LogP contribution in [0.25, 0.3) is 0 Å². The molecule has 0 amide bonds. The number of nitrogens with zero attached hydrogens (tertiary/aromatic N) is 2. The van der Waals surface area contributed by atoms with Gasteiger partial charge in [0.1, 0.15) is 0 Å². The lowest BCUT2D eigenvalue weighted by molar-refractivity contribution is -0.00532. The molecule has 1 aromatic heterocycles. The Morgan fingerprint density at radius 1 is 1.35 bits per heavy atom. The topological polar surface area (TPSA) is 50.1 Å². The monoisotopic (exact) mass is 239 g/mol. The van der Waals surface area contributed by atoms with Gasteiger partial charge in [-0.2, -0.15) is 5.10 Å². The molecule has 0 spiro atoms. The number of rotatable bonds is 6. The highest BCUT2D eigenvalue weighted by atomic mass is 16.3. The van der Waals surface area contributed by atoms with Crippen molar-refractivity contribution in [3.8, 4) is 0 Å². The van der Waals surface area contributed by atoms with Gasteiger partial charge >= 0.3 is 0 Å². The fourth-order valence-corrected chi connectivity index (χ4v) is 1.39. The largest absolute Gasteiger partial charge is 0.389 e. The zero-order valence-corrected chi connectivity index (χ0v) is 11.6. The lowest BCUT2D eigenvalue weighted by Gasteiger charge is -2.38. The molecule has 1 heterocycles. The van der Waals surface area contributed by atoms with E-state index in [-0.39, 0.29) is 5.54 Å². The highest BCUT2D eigenvalue weighted by Gasteiger charge is 2.34. The zero-order chi connectivity index (χ0) is 13.1. The lowest BCUT2D eigenvalue weighted by atomic mass is 9.86. The van der Waals surface area contributed by atoms with E-state index in [2.05, 4.69) is 23.5 Å². The number of hydrogen-bond acceptors (Lipinski definition) is 3. The van der Waals surface area contributed by atoms with Crippen LogP contribution in [0, 0.1) is 0 Å². The second-order valence-corrected chi connectivity index (χ2v) is 5.65. The van der Waals surface area contributed by atoms with Crippen LogP contribution >= 0.6 is 0 Å². The first-order chi connectivity index (χ1) is 7.76. The van der Waals surface area contributed by atoms with Crippen LogP contribution in [0.15, 0.2) is 12.4 Å². The maximum atomic E-state index is 10.0. The van der Waals surface area contributed by atoms with Gasteiger partial charge in [-0.05, 0) is 34.1 Å². The van der Waals surface area contributed by atoms with E-state index in [0.29, 0.717) is 0 Å². The fourth-order valence-electron chi connectivity index (χ4n) is 1.39. The Labute approximate surface area is 104 Å². The van der Waals surface area contributed by atoms with Crippen LogP contribution in [-0.4, -0.2) is 26.0 Å². The summed E-state index contributed by atoms with van der Waals surface area (Å²) in [6, 6.07) is 0. The van der Waals surface area contributed by atoms with E-state index in [1.54, 1.807) is 0 Å². The van der Waals surface area contributed by atoms with Gasteiger partial charge in [0.15, 0.2) is 0 Å². The van der Waals surface area contributed by atoms with E-state index in [9.17, 15) is 5.11 Å². The normalized spacial score (nSPS) is 13.1. The lowest BCUT2D eigenvalue weighted by Crippen LogP contribution is -2.55. The predicted molar refractivity (Wildman–Crippen MR) is 69.7 cm³/mol. The Hall–Kier alpha value is -0.870. The minimum atomic E-state index is -0.758. The van der Waals surface area contributed by atoms with Crippen molar-refractivity contribution in [3.05, 3.63) is 18.0 Å². The maximum absolute atomic E-state index is 10.0. The Morgan fingerprint density at radius 3 is 2.53 bits per heavy atom. The number of nitrogens with one attached hydrogen (secondary N) is 1. The first-order valence-corrected chi connectivity index (χ1v) is 6.25. The molecule has 0 radical (unpaired) electrons. The van der Waals surface area contributed by atoms with Crippen LogP contribution in [0.3, 0.4) is 0 Å². The molecule has 4 heteroatoms. The summed E-state index contributed by atoms with van der Waals surface area (Å²) in [5, 5.41) is 17.7. The van der Waals surface area contributed by atoms with Crippen LogP contribution in [0.2, 0.25) is 0 Å². The van der Waals surface area contributed by atoms with E-state index in [1.165, 1.54) is 0 Å². The smallest absolute Gasteiger partial charge is 0.0767 e. The van der Waals surface area contributed by atoms with Crippen molar-refractivity contribution >= 4 is 0 Å². The summed E-state index contributed by atoms with van der Waals surface area (Å²) >= 11 is 0. The van der Waals surface area contributed by atoms with E-state index in [0.717, 1.165) is 25.1 Å². The van der Waals surface area contributed by atoms with Crippen molar-refractivity contribution in [2.75, 3.05) is 0 Å². The number of aryl methyl sites for hydroxylation is 1. The second-order valence-electron chi connectivity index (χ2n) is 5.65. The molecule has 4 nitrogen and oxygen atoms in total. The average Bonchev–Trinajstić information content (AvgIpc) is 2.62. The summed E-state index contributed by atoms with van der Waals surface area (Å²) in [6.45, 7) is 11.5. The van der Waals surface area contributed by atoms with E-state index >= 15 is 0 Å². The molecule has 0 bridgehead atoms. The molecule has 0 saturated heterocycles. The van der Waals surface area contributed by atoms with Crippen molar-refractivity contribution in [1.29, 1.82) is 0 Å². The van der Waals surface area contributed by atoms with Gasteiger partial charge in [0.2, 0.25) is 0 Å². The summed E-state index contributed by atoms with van der Waals surface area (Å²) < 4.78 is 1.95. The summed E-state index contributed by atoms with van der Waals surface area (Å²) in [7, 11) is 0. The highest BCUT2D eigenvalue weighted by Crippen LogP contribution is 2.20. The molecule has 1 rings (SSSR count). The van der Waals surface area contributed by atoms with Crippen molar-refractivity contribution < 1.29 is 5.11 Å². The average molecular weight is 239 g/mol. The first-order valence-electron chi connectivity index (χ1n) is 6.25. The van der Waals surface area contributed by atoms with Crippen LogP contribution in [-0.2, 0) is 13.1 Å². The third-order valence-electron chi connectivity index (χ3n) is 3.40. The van der Waals surface area contributed by atoms with Gasteiger partial charge in [-0.25, -0.2) is 0 Å². The van der Waals surface area contributed by atoms with Gasteiger partial charge in [0.25, 0.3) is 0 Å². The Kier molecular flexibility index (Phi) is 4.33.